The molecule has 0 fully saturated rings. The zero-order valence-electron chi connectivity index (χ0n) is 10.0. The van der Waals surface area contributed by atoms with Crippen molar-refractivity contribution in [3.63, 3.8) is 0 Å². The van der Waals surface area contributed by atoms with Crippen LogP contribution in [0, 0.1) is 0 Å². The third kappa shape index (κ3) is 3.20. The fourth-order valence-electron chi connectivity index (χ4n) is 1.61. The summed E-state index contributed by atoms with van der Waals surface area (Å²) in [6.45, 7) is 3.31. The number of hydrogen-bond donors (Lipinski definition) is 1. The highest BCUT2D eigenvalue weighted by Crippen LogP contribution is 2.22. The van der Waals surface area contributed by atoms with Crippen LogP contribution in [0.4, 0.5) is 5.82 Å². The lowest BCUT2D eigenvalue weighted by Crippen LogP contribution is -2.24. The summed E-state index contributed by atoms with van der Waals surface area (Å²) in [5, 5.41) is 3.09. The van der Waals surface area contributed by atoms with Crippen molar-refractivity contribution in [3.8, 4) is 0 Å². The molecule has 0 aliphatic carbocycles. The van der Waals surface area contributed by atoms with E-state index >= 15 is 0 Å². The van der Waals surface area contributed by atoms with Gasteiger partial charge in [-0.15, -0.1) is 11.3 Å². The molecule has 2 aromatic rings. The number of nitrogens with one attached hydrogen (secondary N) is 1. The number of halogens is 1. The number of anilines is 1. The van der Waals surface area contributed by atoms with E-state index in [1.54, 1.807) is 28.3 Å². The van der Waals surface area contributed by atoms with Crippen LogP contribution in [0.5, 0.6) is 0 Å². The Kier molecular flexibility index (Phi) is 4.54. The number of aryl methyl sites for hydroxylation is 1. The molecule has 0 bridgehead atoms. The van der Waals surface area contributed by atoms with E-state index in [1.165, 1.54) is 4.88 Å². The van der Waals surface area contributed by atoms with E-state index in [1.807, 2.05) is 13.0 Å². The van der Waals surface area contributed by atoms with Gasteiger partial charge in [0.15, 0.2) is 5.82 Å². The van der Waals surface area contributed by atoms with Gasteiger partial charge in [0, 0.05) is 30.4 Å². The second kappa shape index (κ2) is 6.15. The Hall–Kier alpha value is -1.14. The Balaban J connectivity index is 1.96. The summed E-state index contributed by atoms with van der Waals surface area (Å²) in [6, 6.07) is 4.12. The van der Waals surface area contributed by atoms with Gasteiger partial charge in [-0.1, -0.05) is 0 Å². The SMILES string of the molecule is CCn1ccnc(NCCc2ccc(Br)s2)c1=O. The van der Waals surface area contributed by atoms with Gasteiger partial charge in [-0.25, -0.2) is 4.98 Å². The van der Waals surface area contributed by atoms with Crippen LogP contribution in [0.15, 0.2) is 33.1 Å². The maximum absolute atomic E-state index is 11.9. The maximum Gasteiger partial charge on any atom is 0.293 e. The number of rotatable bonds is 5. The van der Waals surface area contributed by atoms with Gasteiger partial charge in [0.2, 0.25) is 0 Å². The second-order valence-electron chi connectivity index (χ2n) is 3.75. The fraction of sp³-hybridized carbons (Fsp3) is 0.333. The van der Waals surface area contributed by atoms with Crippen LogP contribution in [0.3, 0.4) is 0 Å². The van der Waals surface area contributed by atoms with E-state index in [0.717, 1.165) is 10.2 Å². The van der Waals surface area contributed by atoms with Crippen molar-refractivity contribution in [3.05, 3.63) is 43.5 Å². The molecule has 0 unspecified atom stereocenters. The molecular formula is C12H14BrN3OS. The molecule has 2 aromatic heterocycles. The zero-order valence-corrected chi connectivity index (χ0v) is 12.4. The summed E-state index contributed by atoms with van der Waals surface area (Å²) in [7, 11) is 0. The highest BCUT2D eigenvalue weighted by Gasteiger charge is 2.03. The van der Waals surface area contributed by atoms with Crippen molar-refractivity contribution < 1.29 is 0 Å². The first-order valence-electron chi connectivity index (χ1n) is 5.74. The predicted molar refractivity (Wildman–Crippen MR) is 78.4 cm³/mol. The van der Waals surface area contributed by atoms with Gasteiger partial charge in [-0.2, -0.15) is 0 Å². The fourth-order valence-corrected chi connectivity index (χ4v) is 3.09. The Labute approximate surface area is 118 Å². The maximum atomic E-state index is 11.9. The molecule has 96 valence electrons. The third-order valence-corrected chi connectivity index (χ3v) is 4.23. The van der Waals surface area contributed by atoms with Gasteiger partial charge in [0.05, 0.1) is 3.79 Å². The van der Waals surface area contributed by atoms with E-state index in [4.69, 9.17) is 0 Å². The van der Waals surface area contributed by atoms with Crippen LogP contribution < -0.4 is 10.9 Å². The standard InChI is InChI=1S/C12H14BrN3OS/c1-2-16-8-7-15-11(12(16)17)14-6-5-9-3-4-10(13)18-9/h3-4,7-8H,2,5-6H2,1H3,(H,14,15). The van der Waals surface area contributed by atoms with Crippen molar-refractivity contribution in [1.82, 2.24) is 9.55 Å². The Morgan fingerprint density at radius 3 is 3.00 bits per heavy atom. The Bertz CT molecular complexity index is 579. The minimum atomic E-state index is -0.0626. The van der Waals surface area contributed by atoms with E-state index in [0.29, 0.717) is 18.9 Å². The van der Waals surface area contributed by atoms with Gasteiger partial charge in [-0.05, 0) is 41.4 Å². The molecule has 6 heteroatoms. The molecule has 0 amide bonds. The molecule has 2 rings (SSSR count). The molecule has 0 saturated carbocycles. The van der Waals surface area contributed by atoms with Gasteiger partial charge in [0.1, 0.15) is 0 Å². The highest BCUT2D eigenvalue weighted by molar-refractivity contribution is 9.11. The summed E-state index contributed by atoms with van der Waals surface area (Å²) in [5.41, 5.74) is -0.0626. The minimum Gasteiger partial charge on any atom is -0.365 e. The second-order valence-corrected chi connectivity index (χ2v) is 6.30. The molecule has 1 N–H and O–H groups in total. The molecule has 0 radical (unpaired) electrons. The average Bonchev–Trinajstić information content (AvgIpc) is 2.77. The van der Waals surface area contributed by atoms with Crippen LogP contribution in [0.2, 0.25) is 0 Å². The first-order valence-corrected chi connectivity index (χ1v) is 7.35. The number of hydrogen-bond acceptors (Lipinski definition) is 4. The summed E-state index contributed by atoms with van der Waals surface area (Å²) in [5.74, 6) is 0.426. The molecule has 0 aliphatic rings. The molecule has 2 heterocycles. The molecule has 0 atom stereocenters. The van der Waals surface area contributed by atoms with Crippen LogP contribution in [-0.4, -0.2) is 16.1 Å². The summed E-state index contributed by atoms with van der Waals surface area (Å²) >= 11 is 5.14. The molecule has 18 heavy (non-hydrogen) atoms. The van der Waals surface area contributed by atoms with Crippen molar-refractivity contribution in [2.75, 3.05) is 11.9 Å². The van der Waals surface area contributed by atoms with Crippen LogP contribution >= 0.6 is 27.3 Å². The lowest BCUT2D eigenvalue weighted by Gasteiger charge is -2.06. The molecule has 0 aliphatic heterocycles. The number of nitrogens with zero attached hydrogens (tertiary/aromatic N) is 2. The first-order chi connectivity index (χ1) is 8.70. The van der Waals surface area contributed by atoms with E-state index in [-0.39, 0.29) is 5.56 Å². The third-order valence-electron chi connectivity index (χ3n) is 2.55. The van der Waals surface area contributed by atoms with Gasteiger partial charge in [-0.3, -0.25) is 4.79 Å². The van der Waals surface area contributed by atoms with Crippen molar-refractivity contribution in [2.24, 2.45) is 0 Å². The lowest BCUT2D eigenvalue weighted by atomic mass is 10.3. The quantitative estimate of drug-likeness (QED) is 0.918. The van der Waals surface area contributed by atoms with Crippen LogP contribution in [-0.2, 0) is 13.0 Å². The van der Waals surface area contributed by atoms with Gasteiger partial charge < -0.3 is 9.88 Å². The smallest absolute Gasteiger partial charge is 0.293 e. The number of aromatic nitrogens is 2. The van der Waals surface area contributed by atoms with Crippen molar-refractivity contribution in [1.29, 1.82) is 0 Å². The highest BCUT2D eigenvalue weighted by atomic mass is 79.9. The average molecular weight is 328 g/mol. The molecular weight excluding hydrogens is 314 g/mol. The van der Waals surface area contributed by atoms with E-state index in [9.17, 15) is 4.79 Å². The normalized spacial score (nSPS) is 10.6. The molecule has 0 aromatic carbocycles. The Morgan fingerprint density at radius 2 is 2.33 bits per heavy atom. The molecule has 4 nitrogen and oxygen atoms in total. The van der Waals surface area contributed by atoms with Gasteiger partial charge >= 0.3 is 0 Å². The summed E-state index contributed by atoms with van der Waals surface area (Å²) in [6.07, 6.45) is 4.23. The Morgan fingerprint density at radius 1 is 1.50 bits per heavy atom. The largest absolute Gasteiger partial charge is 0.365 e. The lowest BCUT2D eigenvalue weighted by molar-refractivity contribution is 0.718. The van der Waals surface area contributed by atoms with Crippen LogP contribution in [0.25, 0.3) is 0 Å². The molecule has 0 saturated heterocycles. The minimum absolute atomic E-state index is 0.0626. The number of thiophene rings is 1. The zero-order chi connectivity index (χ0) is 13.0. The topological polar surface area (TPSA) is 46.9 Å². The first kappa shape index (κ1) is 13.3. The summed E-state index contributed by atoms with van der Waals surface area (Å²) < 4.78 is 2.76. The predicted octanol–water partition coefficient (Wildman–Crippen LogP) is 2.74. The van der Waals surface area contributed by atoms with E-state index in [2.05, 4.69) is 32.3 Å². The monoisotopic (exact) mass is 327 g/mol. The van der Waals surface area contributed by atoms with Crippen molar-refractivity contribution >= 4 is 33.1 Å². The van der Waals surface area contributed by atoms with E-state index < -0.39 is 0 Å². The summed E-state index contributed by atoms with van der Waals surface area (Å²) in [4.78, 5) is 17.2. The molecule has 0 spiro atoms. The van der Waals surface area contributed by atoms with Crippen molar-refractivity contribution in [2.45, 2.75) is 19.9 Å². The van der Waals surface area contributed by atoms with Gasteiger partial charge in [0.25, 0.3) is 5.56 Å². The van der Waals surface area contributed by atoms with Crippen LogP contribution in [0.1, 0.15) is 11.8 Å².